The molecular formula is C14H22N4O. The van der Waals surface area contributed by atoms with Gasteiger partial charge in [0, 0.05) is 17.9 Å². The fraction of sp³-hybridized carbons (Fsp3) is 0.571. The van der Waals surface area contributed by atoms with E-state index in [1.165, 1.54) is 0 Å². The minimum absolute atomic E-state index is 0.0123. The first-order valence-electron chi connectivity index (χ1n) is 6.76. The Morgan fingerprint density at radius 3 is 2.84 bits per heavy atom. The van der Waals surface area contributed by atoms with Crippen molar-refractivity contribution < 1.29 is 4.79 Å². The highest BCUT2D eigenvalue weighted by Gasteiger charge is 2.26. The van der Waals surface area contributed by atoms with Crippen molar-refractivity contribution in [3.05, 3.63) is 29.6 Å². The maximum absolute atomic E-state index is 11.9. The number of nitrogens with zero attached hydrogens (tertiary/aromatic N) is 1. The molecule has 1 fully saturated rings. The van der Waals surface area contributed by atoms with Gasteiger partial charge in [0.05, 0.1) is 12.6 Å². The highest BCUT2D eigenvalue weighted by atomic mass is 16.1. The summed E-state index contributed by atoms with van der Waals surface area (Å²) >= 11 is 0. The van der Waals surface area contributed by atoms with Crippen molar-refractivity contribution in [2.75, 3.05) is 0 Å². The van der Waals surface area contributed by atoms with Crippen molar-refractivity contribution in [3.8, 4) is 0 Å². The van der Waals surface area contributed by atoms with Gasteiger partial charge in [-0.05, 0) is 30.9 Å². The number of hydrogen-bond donors (Lipinski definition) is 3. The molecule has 2 unspecified atom stereocenters. The maximum atomic E-state index is 11.9. The number of aromatic nitrogens is 1. The van der Waals surface area contributed by atoms with E-state index in [1.807, 2.05) is 19.1 Å². The van der Waals surface area contributed by atoms with Crippen LogP contribution < -0.4 is 16.2 Å². The number of carbonyl (C=O) groups is 1. The van der Waals surface area contributed by atoms with E-state index in [0.717, 1.165) is 17.7 Å². The Labute approximate surface area is 114 Å². The molecular weight excluding hydrogens is 240 g/mol. The third-order valence-electron chi connectivity index (χ3n) is 3.41. The molecule has 2 rings (SSSR count). The molecule has 0 spiro atoms. The van der Waals surface area contributed by atoms with Crippen LogP contribution in [0.1, 0.15) is 31.5 Å². The van der Waals surface area contributed by atoms with Crippen LogP contribution in [0.25, 0.3) is 0 Å². The Morgan fingerprint density at radius 2 is 2.26 bits per heavy atom. The van der Waals surface area contributed by atoms with Gasteiger partial charge in [0.25, 0.3) is 0 Å². The number of carbonyl (C=O) groups excluding carboxylic acids is 1. The lowest BCUT2D eigenvalue weighted by Crippen LogP contribution is -2.45. The van der Waals surface area contributed by atoms with E-state index < -0.39 is 0 Å². The van der Waals surface area contributed by atoms with E-state index >= 15 is 0 Å². The molecule has 0 aliphatic carbocycles. The molecule has 5 nitrogen and oxygen atoms in total. The molecule has 0 bridgehead atoms. The van der Waals surface area contributed by atoms with Gasteiger partial charge < -0.3 is 5.32 Å². The number of nitrogens with one attached hydrogen (secondary N) is 3. The third-order valence-corrected chi connectivity index (χ3v) is 3.41. The second kappa shape index (κ2) is 6.12. The van der Waals surface area contributed by atoms with Crippen molar-refractivity contribution in [3.63, 3.8) is 0 Å². The predicted molar refractivity (Wildman–Crippen MR) is 74.1 cm³/mol. The minimum Gasteiger partial charge on any atom is -0.339 e. The van der Waals surface area contributed by atoms with Gasteiger partial charge >= 0.3 is 0 Å². The summed E-state index contributed by atoms with van der Waals surface area (Å²) in [5.74, 6) is 0.574. The fourth-order valence-electron chi connectivity index (χ4n) is 2.15. The molecule has 0 saturated carbocycles. The summed E-state index contributed by atoms with van der Waals surface area (Å²) in [6.07, 6.45) is 3.05. The first kappa shape index (κ1) is 14.0. The Morgan fingerprint density at radius 1 is 1.47 bits per heavy atom. The second-order valence-electron chi connectivity index (χ2n) is 5.48. The molecule has 3 N–H and O–H groups in total. The van der Waals surface area contributed by atoms with Crippen LogP contribution in [0.5, 0.6) is 0 Å². The van der Waals surface area contributed by atoms with Crippen LogP contribution in [0.3, 0.4) is 0 Å². The summed E-state index contributed by atoms with van der Waals surface area (Å²) in [5.41, 5.74) is 8.22. The average molecular weight is 262 g/mol. The van der Waals surface area contributed by atoms with Gasteiger partial charge in [-0.25, -0.2) is 5.43 Å². The summed E-state index contributed by atoms with van der Waals surface area (Å²) in [5, 5.41) is 2.99. The van der Waals surface area contributed by atoms with E-state index in [-0.39, 0.29) is 12.1 Å². The molecule has 1 amide bonds. The Bertz CT molecular complexity index is 430. The summed E-state index contributed by atoms with van der Waals surface area (Å²) in [6.45, 7) is 6.27. The van der Waals surface area contributed by atoms with Gasteiger partial charge in [-0.1, -0.05) is 19.9 Å². The van der Waals surface area contributed by atoms with Crippen LogP contribution in [0.15, 0.2) is 18.3 Å². The predicted octanol–water partition coefficient (Wildman–Crippen LogP) is 0.897. The lowest BCUT2D eigenvalue weighted by molar-refractivity contribution is -0.121. The van der Waals surface area contributed by atoms with Crippen LogP contribution in [0, 0.1) is 12.8 Å². The van der Waals surface area contributed by atoms with Gasteiger partial charge in [-0.3, -0.25) is 15.2 Å². The van der Waals surface area contributed by atoms with Gasteiger partial charge in [0.1, 0.15) is 0 Å². The van der Waals surface area contributed by atoms with Crippen molar-refractivity contribution in [1.29, 1.82) is 0 Å². The van der Waals surface area contributed by atoms with Crippen LogP contribution in [0.2, 0.25) is 0 Å². The van der Waals surface area contributed by atoms with Crippen LogP contribution >= 0.6 is 0 Å². The minimum atomic E-state index is 0.0123. The number of aryl methyl sites for hydroxylation is 1. The zero-order valence-electron chi connectivity index (χ0n) is 11.7. The monoisotopic (exact) mass is 262 g/mol. The SMILES string of the molecule is Cc1ccc(CC(=O)NC2CC(C(C)C)NN2)cn1. The molecule has 2 heterocycles. The lowest BCUT2D eigenvalue weighted by atomic mass is 10.0. The maximum Gasteiger partial charge on any atom is 0.225 e. The van der Waals surface area contributed by atoms with Crippen molar-refractivity contribution >= 4 is 5.91 Å². The van der Waals surface area contributed by atoms with Crippen molar-refractivity contribution in [2.45, 2.75) is 45.8 Å². The Balaban J connectivity index is 1.80. The summed E-state index contributed by atoms with van der Waals surface area (Å²) < 4.78 is 0. The smallest absolute Gasteiger partial charge is 0.225 e. The van der Waals surface area contributed by atoms with Gasteiger partial charge in [-0.15, -0.1) is 0 Å². The number of pyridine rings is 1. The molecule has 1 saturated heterocycles. The fourth-order valence-corrected chi connectivity index (χ4v) is 2.15. The van der Waals surface area contributed by atoms with Crippen LogP contribution in [-0.2, 0) is 11.2 Å². The van der Waals surface area contributed by atoms with Crippen molar-refractivity contribution in [1.82, 2.24) is 21.2 Å². The zero-order valence-corrected chi connectivity index (χ0v) is 11.7. The summed E-state index contributed by atoms with van der Waals surface area (Å²) in [6, 6.07) is 4.28. The average Bonchev–Trinajstić information content (AvgIpc) is 2.80. The molecule has 0 aromatic carbocycles. The van der Waals surface area contributed by atoms with E-state index in [2.05, 4.69) is 35.0 Å². The molecule has 5 heteroatoms. The normalized spacial score (nSPS) is 22.7. The molecule has 1 aromatic rings. The van der Waals surface area contributed by atoms with Crippen molar-refractivity contribution in [2.24, 2.45) is 5.92 Å². The highest BCUT2D eigenvalue weighted by molar-refractivity contribution is 5.78. The van der Waals surface area contributed by atoms with E-state index in [0.29, 0.717) is 18.4 Å². The molecule has 2 atom stereocenters. The number of rotatable bonds is 4. The quantitative estimate of drug-likeness (QED) is 0.754. The lowest BCUT2D eigenvalue weighted by Gasteiger charge is -2.13. The van der Waals surface area contributed by atoms with Crippen LogP contribution in [0.4, 0.5) is 0 Å². The molecule has 104 valence electrons. The molecule has 1 aliphatic rings. The third kappa shape index (κ3) is 4.01. The van der Waals surface area contributed by atoms with E-state index in [1.54, 1.807) is 6.20 Å². The molecule has 1 aromatic heterocycles. The number of hydrazine groups is 1. The van der Waals surface area contributed by atoms with Crippen LogP contribution in [-0.4, -0.2) is 23.1 Å². The topological polar surface area (TPSA) is 66.1 Å². The number of hydrogen-bond acceptors (Lipinski definition) is 4. The Kier molecular flexibility index (Phi) is 4.50. The van der Waals surface area contributed by atoms with Gasteiger partial charge in [-0.2, -0.15) is 0 Å². The summed E-state index contributed by atoms with van der Waals surface area (Å²) in [7, 11) is 0. The standard InChI is InChI=1S/C14H22N4O/c1-9(2)12-7-13(18-17-12)16-14(19)6-11-5-4-10(3)15-8-11/h4-5,8-9,12-13,17-18H,6-7H2,1-3H3,(H,16,19). The first-order valence-corrected chi connectivity index (χ1v) is 6.76. The molecule has 0 radical (unpaired) electrons. The first-order chi connectivity index (χ1) is 9.04. The Hall–Kier alpha value is -1.46. The van der Waals surface area contributed by atoms with Gasteiger partial charge in [0.2, 0.25) is 5.91 Å². The van der Waals surface area contributed by atoms with E-state index in [9.17, 15) is 4.79 Å². The largest absolute Gasteiger partial charge is 0.339 e. The summed E-state index contributed by atoms with van der Waals surface area (Å²) in [4.78, 5) is 16.1. The van der Waals surface area contributed by atoms with Gasteiger partial charge in [0.15, 0.2) is 0 Å². The molecule has 19 heavy (non-hydrogen) atoms. The molecule has 1 aliphatic heterocycles. The number of amides is 1. The van der Waals surface area contributed by atoms with E-state index in [4.69, 9.17) is 0 Å². The second-order valence-corrected chi connectivity index (χ2v) is 5.48. The highest BCUT2D eigenvalue weighted by Crippen LogP contribution is 2.11. The zero-order chi connectivity index (χ0) is 13.8.